The number of hydrogen-bond donors (Lipinski definition) is 0. The number of benzene rings is 1. The molecule has 3 rings (SSSR count). The highest BCUT2D eigenvalue weighted by Crippen LogP contribution is 2.31. The van der Waals surface area contributed by atoms with Crippen LogP contribution in [0.5, 0.6) is 0 Å². The van der Waals surface area contributed by atoms with Crippen molar-refractivity contribution in [2.75, 3.05) is 11.4 Å². The number of rotatable bonds is 3. The van der Waals surface area contributed by atoms with E-state index in [9.17, 15) is 9.59 Å². The number of amides is 1. The number of pyridine rings is 1. The van der Waals surface area contributed by atoms with Gasteiger partial charge in [0.25, 0.3) is 11.7 Å². The molecular formula is C15H11ClN2O2. The van der Waals surface area contributed by atoms with Gasteiger partial charge in [-0.15, -0.1) is 0 Å². The third-order valence-corrected chi connectivity index (χ3v) is 3.52. The van der Waals surface area contributed by atoms with Crippen molar-refractivity contribution < 1.29 is 9.59 Å². The monoisotopic (exact) mass is 286 g/mol. The standard InChI is InChI=1S/C15H11ClN2O2/c16-11-3-4-13-12(8-11)14(19)15(20)18(13)7-5-10-2-1-6-17-9-10/h1-4,6,8-9H,5,7H2. The maximum atomic E-state index is 12.0. The second kappa shape index (κ2) is 5.06. The molecule has 1 aliphatic rings. The van der Waals surface area contributed by atoms with Gasteiger partial charge in [-0.1, -0.05) is 17.7 Å². The Morgan fingerprint density at radius 1 is 1.20 bits per heavy atom. The highest BCUT2D eigenvalue weighted by atomic mass is 35.5. The zero-order valence-electron chi connectivity index (χ0n) is 10.5. The molecule has 1 amide bonds. The highest BCUT2D eigenvalue weighted by Gasteiger charge is 2.35. The maximum absolute atomic E-state index is 12.0. The Bertz CT molecular complexity index is 686. The van der Waals surface area contributed by atoms with Gasteiger partial charge in [0.05, 0.1) is 11.3 Å². The predicted molar refractivity (Wildman–Crippen MR) is 76.1 cm³/mol. The number of aromatic nitrogens is 1. The van der Waals surface area contributed by atoms with E-state index in [2.05, 4.69) is 4.98 Å². The Morgan fingerprint density at radius 3 is 2.80 bits per heavy atom. The molecule has 0 aliphatic carbocycles. The molecule has 0 N–H and O–H groups in total. The fourth-order valence-electron chi connectivity index (χ4n) is 2.28. The molecule has 2 aromatic rings. The molecule has 0 saturated heterocycles. The van der Waals surface area contributed by atoms with Gasteiger partial charge >= 0.3 is 0 Å². The van der Waals surface area contributed by atoms with Crippen molar-refractivity contribution in [1.29, 1.82) is 0 Å². The number of fused-ring (bicyclic) bond motifs is 1. The topological polar surface area (TPSA) is 50.3 Å². The number of ketones is 1. The lowest BCUT2D eigenvalue weighted by Crippen LogP contribution is -2.31. The number of carbonyl (C=O) groups is 2. The van der Waals surface area contributed by atoms with Crippen LogP contribution in [0.25, 0.3) is 0 Å². The van der Waals surface area contributed by atoms with Gasteiger partial charge in [0, 0.05) is 24.0 Å². The number of halogens is 1. The number of Topliss-reactive ketones (excluding diaryl/α,β-unsaturated/α-hetero) is 1. The van der Waals surface area contributed by atoms with E-state index in [1.807, 2.05) is 12.1 Å². The van der Waals surface area contributed by atoms with Crippen LogP contribution in [-0.2, 0) is 11.2 Å². The van der Waals surface area contributed by atoms with Crippen molar-refractivity contribution in [3.63, 3.8) is 0 Å². The van der Waals surface area contributed by atoms with Gasteiger partial charge in [-0.2, -0.15) is 0 Å². The molecule has 100 valence electrons. The molecule has 1 aliphatic heterocycles. The predicted octanol–water partition coefficient (Wildman–Crippen LogP) is 2.51. The van der Waals surface area contributed by atoms with E-state index >= 15 is 0 Å². The van der Waals surface area contributed by atoms with E-state index in [4.69, 9.17) is 11.6 Å². The van der Waals surface area contributed by atoms with Gasteiger partial charge in [0.15, 0.2) is 0 Å². The molecule has 1 aromatic heterocycles. The van der Waals surface area contributed by atoms with Crippen LogP contribution in [0.1, 0.15) is 15.9 Å². The Morgan fingerprint density at radius 2 is 2.05 bits per heavy atom. The summed E-state index contributed by atoms with van der Waals surface area (Å²) in [6.07, 6.45) is 4.10. The molecule has 0 radical (unpaired) electrons. The van der Waals surface area contributed by atoms with Crippen molar-refractivity contribution in [2.24, 2.45) is 0 Å². The SMILES string of the molecule is O=C1C(=O)N(CCc2cccnc2)c2ccc(Cl)cc21. The summed E-state index contributed by atoms with van der Waals surface area (Å²) in [7, 11) is 0. The summed E-state index contributed by atoms with van der Waals surface area (Å²) in [5.74, 6) is -0.986. The van der Waals surface area contributed by atoms with Crippen LogP contribution in [0.4, 0.5) is 5.69 Å². The van der Waals surface area contributed by atoms with E-state index in [1.165, 1.54) is 4.90 Å². The Labute approximate surface area is 121 Å². The molecule has 0 unspecified atom stereocenters. The first kappa shape index (κ1) is 12.8. The fraction of sp³-hybridized carbons (Fsp3) is 0.133. The van der Waals surface area contributed by atoms with Gasteiger partial charge in [-0.3, -0.25) is 14.6 Å². The molecule has 20 heavy (non-hydrogen) atoms. The van der Waals surface area contributed by atoms with Gasteiger partial charge in [0.2, 0.25) is 0 Å². The van der Waals surface area contributed by atoms with Crippen LogP contribution in [0.2, 0.25) is 5.02 Å². The molecule has 0 saturated carbocycles. The minimum Gasteiger partial charge on any atom is -0.304 e. The number of nitrogens with zero attached hydrogens (tertiary/aromatic N) is 2. The van der Waals surface area contributed by atoms with E-state index in [0.29, 0.717) is 29.2 Å². The molecule has 1 aromatic carbocycles. The summed E-state index contributed by atoms with van der Waals surface area (Å²) in [5.41, 5.74) is 2.04. The molecule has 0 bridgehead atoms. The molecule has 0 atom stereocenters. The van der Waals surface area contributed by atoms with Gasteiger partial charge in [-0.25, -0.2) is 0 Å². The van der Waals surface area contributed by atoms with Crippen molar-refractivity contribution in [3.8, 4) is 0 Å². The summed E-state index contributed by atoms with van der Waals surface area (Å²) in [6.45, 7) is 0.449. The minimum atomic E-state index is -0.494. The summed E-state index contributed by atoms with van der Waals surface area (Å²) in [5, 5.41) is 0.457. The lowest BCUT2D eigenvalue weighted by Gasteiger charge is -2.16. The molecule has 0 spiro atoms. The smallest absolute Gasteiger partial charge is 0.299 e. The first-order chi connectivity index (χ1) is 9.66. The number of hydrogen-bond acceptors (Lipinski definition) is 3. The third kappa shape index (κ3) is 2.18. The van der Waals surface area contributed by atoms with Crippen LogP contribution >= 0.6 is 11.6 Å². The normalized spacial score (nSPS) is 13.8. The van der Waals surface area contributed by atoms with Crippen LogP contribution in [-0.4, -0.2) is 23.2 Å². The fourth-order valence-corrected chi connectivity index (χ4v) is 2.45. The molecule has 0 fully saturated rings. The van der Waals surface area contributed by atoms with E-state index in [1.54, 1.807) is 30.6 Å². The Kier molecular flexibility index (Phi) is 3.24. The number of anilines is 1. The van der Waals surface area contributed by atoms with E-state index in [0.717, 1.165) is 5.56 Å². The maximum Gasteiger partial charge on any atom is 0.299 e. The van der Waals surface area contributed by atoms with Crippen LogP contribution in [0.3, 0.4) is 0 Å². The summed E-state index contributed by atoms with van der Waals surface area (Å²) < 4.78 is 0. The van der Waals surface area contributed by atoms with Gasteiger partial charge in [-0.05, 0) is 36.2 Å². The summed E-state index contributed by atoms with van der Waals surface area (Å²) in [6, 6.07) is 8.73. The first-order valence-electron chi connectivity index (χ1n) is 6.21. The van der Waals surface area contributed by atoms with Gasteiger partial charge < -0.3 is 4.90 Å². The zero-order chi connectivity index (χ0) is 14.1. The lowest BCUT2D eigenvalue weighted by molar-refractivity contribution is -0.114. The summed E-state index contributed by atoms with van der Waals surface area (Å²) >= 11 is 5.87. The highest BCUT2D eigenvalue weighted by molar-refractivity contribution is 6.52. The average molecular weight is 287 g/mol. The second-order valence-electron chi connectivity index (χ2n) is 4.56. The average Bonchev–Trinajstić information content (AvgIpc) is 2.70. The van der Waals surface area contributed by atoms with Crippen LogP contribution in [0.15, 0.2) is 42.7 Å². The van der Waals surface area contributed by atoms with Crippen molar-refractivity contribution in [1.82, 2.24) is 4.98 Å². The summed E-state index contributed by atoms with van der Waals surface area (Å²) in [4.78, 5) is 29.5. The molecule has 4 nitrogen and oxygen atoms in total. The van der Waals surface area contributed by atoms with Crippen molar-refractivity contribution in [3.05, 3.63) is 58.9 Å². The van der Waals surface area contributed by atoms with E-state index < -0.39 is 11.7 Å². The van der Waals surface area contributed by atoms with Crippen molar-refractivity contribution >= 4 is 29.0 Å². The molecular weight excluding hydrogens is 276 g/mol. The van der Waals surface area contributed by atoms with Crippen LogP contribution in [0, 0.1) is 0 Å². The zero-order valence-corrected chi connectivity index (χ0v) is 11.3. The minimum absolute atomic E-state index is 0.383. The lowest BCUT2D eigenvalue weighted by atomic mass is 10.1. The third-order valence-electron chi connectivity index (χ3n) is 3.28. The van der Waals surface area contributed by atoms with Gasteiger partial charge in [0.1, 0.15) is 0 Å². The molecule has 2 heterocycles. The van der Waals surface area contributed by atoms with Crippen molar-refractivity contribution in [2.45, 2.75) is 6.42 Å². The van der Waals surface area contributed by atoms with E-state index in [-0.39, 0.29) is 0 Å². The second-order valence-corrected chi connectivity index (χ2v) is 5.00. The quantitative estimate of drug-likeness (QED) is 0.815. The largest absolute Gasteiger partial charge is 0.304 e. The first-order valence-corrected chi connectivity index (χ1v) is 6.59. The molecule has 5 heteroatoms. The van der Waals surface area contributed by atoms with Crippen LogP contribution < -0.4 is 4.90 Å². The number of carbonyl (C=O) groups excluding carboxylic acids is 2. The Balaban J connectivity index is 1.84. The Hall–Kier alpha value is -2.20.